The predicted octanol–water partition coefficient (Wildman–Crippen LogP) is 1.69. The molecule has 0 aliphatic rings. The van der Waals surface area contributed by atoms with Crippen LogP contribution >= 0.6 is 0 Å². The van der Waals surface area contributed by atoms with Gasteiger partial charge in [0.25, 0.3) is 0 Å². The fourth-order valence-electron chi connectivity index (χ4n) is 2.43. The first kappa shape index (κ1) is 16.3. The summed E-state index contributed by atoms with van der Waals surface area (Å²) in [4.78, 5) is 16.6. The second-order valence-electron chi connectivity index (χ2n) is 5.40. The van der Waals surface area contributed by atoms with E-state index >= 15 is 0 Å². The van der Waals surface area contributed by atoms with Crippen LogP contribution in [-0.2, 0) is 16.6 Å². The van der Waals surface area contributed by atoms with Gasteiger partial charge in [-0.2, -0.15) is 4.31 Å². The molecule has 0 bridgehead atoms. The van der Waals surface area contributed by atoms with Gasteiger partial charge in [0.05, 0.1) is 23.0 Å². The van der Waals surface area contributed by atoms with Crippen LogP contribution in [0.25, 0.3) is 11.0 Å². The Hall–Kier alpha value is -2.58. The van der Waals surface area contributed by atoms with Gasteiger partial charge in [0.15, 0.2) is 0 Å². The van der Waals surface area contributed by atoms with Gasteiger partial charge in [0, 0.05) is 13.6 Å². The number of aromatic nitrogens is 2. The summed E-state index contributed by atoms with van der Waals surface area (Å²) in [5.41, 5.74) is 1.50. The molecule has 0 aliphatic heterocycles. The van der Waals surface area contributed by atoms with Crippen LogP contribution in [0.4, 0.5) is 0 Å². The fraction of sp³-hybridized carbons (Fsp3) is 0.188. The Bertz CT molecular complexity index is 1020. The molecule has 0 amide bonds. The number of H-pyrrole nitrogens is 2. The largest absolute Gasteiger partial charge is 0.497 e. The Morgan fingerprint density at radius 3 is 2.38 bits per heavy atom. The number of methoxy groups -OCH3 is 1. The molecule has 0 radical (unpaired) electrons. The molecule has 0 saturated heterocycles. The van der Waals surface area contributed by atoms with Crippen molar-refractivity contribution < 1.29 is 13.2 Å². The quantitative estimate of drug-likeness (QED) is 0.734. The number of ether oxygens (including phenoxy) is 1. The third-order valence-corrected chi connectivity index (χ3v) is 5.56. The van der Waals surface area contributed by atoms with Gasteiger partial charge in [-0.15, -0.1) is 0 Å². The topological polar surface area (TPSA) is 95.3 Å². The van der Waals surface area contributed by atoms with Gasteiger partial charge in [-0.3, -0.25) is 0 Å². The van der Waals surface area contributed by atoms with Crippen molar-refractivity contribution in [3.8, 4) is 5.75 Å². The maximum Gasteiger partial charge on any atom is 0.323 e. The maximum absolute atomic E-state index is 12.7. The molecule has 3 aromatic rings. The Morgan fingerprint density at radius 1 is 1.04 bits per heavy atom. The molecule has 2 N–H and O–H groups in total. The van der Waals surface area contributed by atoms with E-state index in [1.54, 1.807) is 25.3 Å². The van der Waals surface area contributed by atoms with E-state index in [-0.39, 0.29) is 17.1 Å². The molecule has 126 valence electrons. The molecule has 0 atom stereocenters. The lowest BCUT2D eigenvalue weighted by molar-refractivity contribution is 0.414. The first-order valence-electron chi connectivity index (χ1n) is 7.21. The van der Waals surface area contributed by atoms with E-state index in [1.165, 1.54) is 23.5 Å². The van der Waals surface area contributed by atoms with E-state index in [4.69, 9.17) is 4.74 Å². The van der Waals surface area contributed by atoms with Gasteiger partial charge < -0.3 is 14.7 Å². The lowest BCUT2D eigenvalue weighted by Crippen LogP contribution is -2.26. The monoisotopic (exact) mass is 347 g/mol. The predicted molar refractivity (Wildman–Crippen MR) is 90.6 cm³/mol. The lowest BCUT2D eigenvalue weighted by atomic mass is 10.2. The lowest BCUT2D eigenvalue weighted by Gasteiger charge is -2.17. The van der Waals surface area contributed by atoms with Gasteiger partial charge in [0.2, 0.25) is 10.0 Å². The molecule has 0 spiro atoms. The average molecular weight is 347 g/mol. The first-order chi connectivity index (χ1) is 11.4. The summed E-state index contributed by atoms with van der Waals surface area (Å²) in [5, 5.41) is 0. The van der Waals surface area contributed by atoms with Crippen LogP contribution in [0.15, 0.2) is 52.2 Å². The number of sulfonamides is 1. The average Bonchev–Trinajstić information content (AvgIpc) is 2.94. The zero-order chi connectivity index (χ0) is 17.3. The van der Waals surface area contributed by atoms with Crippen molar-refractivity contribution in [1.82, 2.24) is 14.3 Å². The Kier molecular flexibility index (Phi) is 4.16. The number of nitrogens with one attached hydrogen (secondary N) is 2. The van der Waals surface area contributed by atoms with Crippen molar-refractivity contribution in [3.05, 3.63) is 58.5 Å². The minimum atomic E-state index is -3.67. The SMILES string of the molecule is COc1ccc(CN(C)S(=O)(=O)c2ccc3[nH]c(=O)[nH]c3c2)cc1. The minimum absolute atomic E-state index is 0.126. The van der Waals surface area contributed by atoms with Gasteiger partial charge >= 0.3 is 5.69 Å². The van der Waals surface area contributed by atoms with Crippen LogP contribution in [0.3, 0.4) is 0 Å². The summed E-state index contributed by atoms with van der Waals surface area (Å²) in [6.45, 7) is 0.230. The first-order valence-corrected chi connectivity index (χ1v) is 8.65. The molecular weight excluding hydrogens is 330 g/mol. The van der Waals surface area contributed by atoms with Crippen molar-refractivity contribution in [2.45, 2.75) is 11.4 Å². The van der Waals surface area contributed by atoms with E-state index < -0.39 is 10.0 Å². The van der Waals surface area contributed by atoms with E-state index in [0.717, 1.165) is 5.56 Å². The summed E-state index contributed by atoms with van der Waals surface area (Å²) >= 11 is 0. The molecule has 7 nitrogen and oxygen atoms in total. The molecular formula is C16H17N3O4S. The van der Waals surface area contributed by atoms with Gasteiger partial charge in [-0.25, -0.2) is 13.2 Å². The van der Waals surface area contributed by atoms with Crippen molar-refractivity contribution >= 4 is 21.1 Å². The van der Waals surface area contributed by atoms with Crippen LogP contribution in [0.2, 0.25) is 0 Å². The molecule has 8 heteroatoms. The van der Waals surface area contributed by atoms with Crippen molar-refractivity contribution in [3.63, 3.8) is 0 Å². The van der Waals surface area contributed by atoms with E-state index in [1.807, 2.05) is 12.1 Å². The number of hydrogen-bond donors (Lipinski definition) is 2. The zero-order valence-corrected chi connectivity index (χ0v) is 14.1. The summed E-state index contributed by atoms with van der Waals surface area (Å²) in [5.74, 6) is 0.714. The molecule has 1 aromatic heterocycles. The van der Waals surface area contributed by atoms with Crippen LogP contribution in [0.1, 0.15) is 5.56 Å². The Labute approximate surface area is 138 Å². The molecule has 0 fully saturated rings. The molecule has 2 aromatic carbocycles. The highest BCUT2D eigenvalue weighted by atomic mass is 32.2. The molecule has 0 aliphatic carbocycles. The molecule has 1 heterocycles. The standard InChI is InChI=1S/C16H17N3O4S/c1-19(10-11-3-5-12(23-2)6-4-11)24(21,22)13-7-8-14-15(9-13)18-16(20)17-14/h3-9H,10H2,1-2H3,(H2,17,18,20). The summed E-state index contributed by atoms with van der Waals surface area (Å²) in [7, 11) is -0.575. The fourth-order valence-corrected chi connectivity index (χ4v) is 3.61. The number of benzene rings is 2. The third kappa shape index (κ3) is 3.06. The number of fused-ring (bicyclic) bond motifs is 1. The van der Waals surface area contributed by atoms with Gasteiger partial charge in [-0.1, -0.05) is 12.1 Å². The van der Waals surface area contributed by atoms with E-state index in [0.29, 0.717) is 16.8 Å². The summed E-state index contributed by atoms with van der Waals surface area (Å²) in [6.07, 6.45) is 0. The number of rotatable bonds is 5. The van der Waals surface area contributed by atoms with Gasteiger partial charge in [-0.05, 0) is 35.9 Å². The van der Waals surface area contributed by atoms with E-state index in [9.17, 15) is 13.2 Å². The zero-order valence-electron chi connectivity index (χ0n) is 13.2. The van der Waals surface area contributed by atoms with Crippen molar-refractivity contribution in [2.24, 2.45) is 0 Å². The van der Waals surface area contributed by atoms with Crippen molar-refractivity contribution in [1.29, 1.82) is 0 Å². The molecule has 0 saturated carbocycles. The van der Waals surface area contributed by atoms with Gasteiger partial charge in [0.1, 0.15) is 5.75 Å². The minimum Gasteiger partial charge on any atom is -0.497 e. The number of imidazole rings is 1. The maximum atomic E-state index is 12.7. The molecule has 24 heavy (non-hydrogen) atoms. The molecule has 3 rings (SSSR count). The third-order valence-electron chi connectivity index (χ3n) is 3.76. The van der Waals surface area contributed by atoms with Crippen molar-refractivity contribution in [2.75, 3.05) is 14.2 Å². The smallest absolute Gasteiger partial charge is 0.323 e. The molecule has 0 unspecified atom stereocenters. The number of hydrogen-bond acceptors (Lipinski definition) is 4. The Balaban J connectivity index is 1.87. The number of aromatic amines is 2. The van der Waals surface area contributed by atoms with Crippen LogP contribution in [0.5, 0.6) is 5.75 Å². The highest BCUT2D eigenvalue weighted by Gasteiger charge is 2.21. The van der Waals surface area contributed by atoms with Crippen LogP contribution in [-0.4, -0.2) is 36.8 Å². The highest BCUT2D eigenvalue weighted by molar-refractivity contribution is 7.89. The van der Waals surface area contributed by atoms with Crippen LogP contribution < -0.4 is 10.4 Å². The van der Waals surface area contributed by atoms with Crippen LogP contribution in [0, 0.1) is 0 Å². The normalized spacial score (nSPS) is 12.0. The summed E-state index contributed by atoms with van der Waals surface area (Å²) in [6, 6.07) is 11.7. The second kappa shape index (κ2) is 6.14. The number of nitrogens with zero attached hydrogens (tertiary/aromatic N) is 1. The highest BCUT2D eigenvalue weighted by Crippen LogP contribution is 2.20. The summed E-state index contributed by atoms with van der Waals surface area (Å²) < 4.78 is 31.8. The second-order valence-corrected chi connectivity index (χ2v) is 7.44. The van der Waals surface area contributed by atoms with E-state index in [2.05, 4.69) is 9.97 Å². The Morgan fingerprint density at radius 2 is 1.71 bits per heavy atom.